The zero-order valence-corrected chi connectivity index (χ0v) is 19.1. The average molecular weight is 491 g/mol. The summed E-state index contributed by atoms with van der Waals surface area (Å²) < 4.78 is 28.4. The van der Waals surface area contributed by atoms with Crippen molar-refractivity contribution < 1.29 is 18.4 Å². The van der Waals surface area contributed by atoms with E-state index >= 15 is 0 Å². The van der Waals surface area contributed by atoms with Gasteiger partial charge in [-0.15, -0.1) is 11.3 Å². The summed E-state index contributed by atoms with van der Waals surface area (Å²) in [6.45, 7) is 2.66. The lowest BCUT2D eigenvalue weighted by molar-refractivity contribution is -0.115. The van der Waals surface area contributed by atoms with Crippen molar-refractivity contribution >= 4 is 62.5 Å². The van der Waals surface area contributed by atoms with Crippen LogP contribution < -0.4 is 16.4 Å². The van der Waals surface area contributed by atoms with Crippen molar-refractivity contribution in [2.24, 2.45) is 5.73 Å². The number of nitrogens with zero attached hydrogens (tertiary/aromatic N) is 3. The number of hydrogen-bond acceptors (Lipinski definition) is 6. The first-order chi connectivity index (χ1) is 15.8. The lowest BCUT2D eigenvalue weighted by atomic mass is 10.1. The van der Waals surface area contributed by atoms with E-state index in [0.717, 1.165) is 29.7 Å². The molecule has 0 bridgehead atoms. The van der Waals surface area contributed by atoms with Crippen LogP contribution in [0.2, 0.25) is 0 Å². The first-order valence-corrected chi connectivity index (χ1v) is 11.4. The Hall–Kier alpha value is -3.25. The molecule has 4 rings (SSSR count). The second kappa shape index (κ2) is 9.32. The largest absolute Gasteiger partial charge is 0.365 e. The fourth-order valence-electron chi connectivity index (χ4n) is 3.38. The van der Waals surface area contributed by atoms with Crippen LogP contribution in [0.25, 0.3) is 16.3 Å². The quantitative estimate of drug-likeness (QED) is 0.341. The van der Waals surface area contributed by atoms with E-state index in [-0.39, 0.29) is 32.1 Å². The van der Waals surface area contributed by atoms with Gasteiger partial charge in [-0.3, -0.25) is 19.6 Å². The molecule has 8 nitrogen and oxygen atoms in total. The van der Waals surface area contributed by atoms with Crippen molar-refractivity contribution in [3.05, 3.63) is 46.2 Å². The molecule has 1 saturated carbocycles. The van der Waals surface area contributed by atoms with E-state index in [1.807, 2.05) is 6.92 Å². The van der Waals surface area contributed by atoms with Gasteiger partial charge in [-0.25, -0.2) is 13.8 Å². The van der Waals surface area contributed by atoms with Gasteiger partial charge in [-0.2, -0.15) is 5.10 Å². The molecule has 0 saturated heterocycles. The number of carbonyl (C=O) groups is 2. The summed E-state index contributed by atoms with van der Waals surface area (Å²) in [4.78, 5) is 28.7. The Morgan fingerprint density at radius 2 is 2.18 bits per heavy atom. The summed E-state index contributed by atoms with van der Waals surface area (Å²) in [5, 5.41) is 9.97. The van der Waals surface area contributed by atoms with Gasteiger partial charge < -0.3 is 11.1 Å². The van der Waals surface area contributed by atoms with Gasteiger partial charge in [0.1, 0.15) is 15.4 Å². The van der Waals surface area contributed by atoms with Gasteiger partial charge in [-0.05, 0) is 55.6 Å². The third-order valence-corrected chi connectivity index (χ3v) is 6.36. The standard InChI is InChI=1S/C21H20F2N6O2S2/c1-2-29-9-10(8-25-29)3-6-14(30)27-21(32)28-16-15-12(11-4-5-11)7-13(18(22)23)26-20(15)33-17(16)19(24)31/h3,6-9,11,18H,2,4-5H2,1H3,(H2,24,31)(H2,27,28,30,32)/b6-3+. The van der Waals surface area contributed by atoms with Crippen LogP contribution in [0, 0.1) is 0 Å². The van der Waals surface area contributed by atoms with E-state index < -0.39 is 18.2 Å². The number of aryl methyl sites for hydroxylation is 1. The van der Waals surface area contributed by atoms with Gasteiger partial charge in [0.05, 0.1) is 11.9 Å². The van der Waals surface area contributed by atoms with E-state index in [1.165, 1.54) is 12.1 Å². The monoisotopic (exact) mass is 490 g/mol. The Balaban J connectivity index is 1.59. The number of halogens is 2. The molecule has 4 N–H and O–H groups in total. The highest BCUT2D eigenvalue weighted by Crippen LogP contribution is 2.48. The Labute approximate surface area is 196 Å². The lowest BCUT2D eigenvalue weighted by Crippen LogP contribution is -2.33. The number of carbonyl (C=O) groups excluding carboxylic acids is 2. The number of pyridine rings is 1. The minimum absolute atomic E-state index is 0.0595. The number of fused-ring (bicyclic) bond motifs is 1. The van der Waals surface area contributed by atoms with Gasteiger partial charge in [-0.1, -0.05) is 0 Å². The molecule has 12 heteroatoms. The second-order valence-electron chi connectivity index (χ2n) is 7.47. The zero-order valence-electron chi connectivity index (χ0n) is 17.5. The number of rotatable bonds is 7. The summed E-state index contributed by atoms with van der Waals surface area (Å²) in [5.74, 6) is -1.14. The molecule has 1 fully saturated rings. The number of thiophene rings is 1. The Morgan fingerprint density at radius 1 is 1.42 bits per heavy atom. The molecule has 0 unspecified atom stereocenters. The van der Waals surface area contributed by atoms with Crippen LogP contribution in [0.3, 0.4) is 0 Å². The van der Waals surface area contributed by atoms with Crippen LogP contribution in [0.4, 0.5) is 14.5 Å². The van der Waals surface area contributed by atoms with Gasteiger partial charge in [0.2, 0.25) is 5.91 Å². The van der Waals surface area contributed by atoms with Gasteiger partial charge in [0.25, 0.3) is 12.3 Å². The zero-order chi connectivity index (χ0) is 23.7. The number of primary amides is 1. The molecule has 172 valence electrons. The molecule has 0 atom stereocenters. The van der Waals surface area contributed by atoms with E-state index in [2.05, 4.69) is 20.7 Å². The van der Waals surface area contributed by atoms with Crippen LogP contribution in [-0.2, 0) is 11.3 Å². The molecule has 0 spiro atoms. The summed E-state index contributed by atoms with van der Waals surface area (Å²) in [5.41, 5.74) is 6.87. The lowest BCUT2D eigenvalue weighted by Gasteiger charge is -2.11. The number of amides is 2. The minimum Gasteiger partial charge on any atom is -0.365 e. The Morgan fingerprint density at radius 3 is 2.79 bits per heavy atom. The van der Waals surface area contributed by atoms with Crippen LogP contribution in [0.1, 0.15) is 58.6 Å². The molecular formula is C21H20F2N6O2S2. The summed E-state index contributed by atoms with van der Waals surface area (Å²) in [6.07, 6.45) is 5.27. The molecule has 0 radical (unpaired) electrons. The van der Waals surface area contributed by atoms with Crippen LogP contribution >= 0.6 is 23.6 Å². The number of aromatic nitrogens is 3. The topological polar surface area (TPSA) is 115 Å². The molecule has 3 heterocycles. The average Bonchev–Trinajstić information content (AvgIpc) is 3.40. The number of anilines is 1. The summed E-state index contributed by atoms with van der Waals surface area (Å²) in [7, 11) is 0. The molecule has 3 aromatic heterocycles. The molecule has 1 aliphatic rings. The van der Waals surface area contributed by atoms with Crippen molar-refractivity contribution in [3.8, 4) is 0 Å². The van der Waals surface area contributed by atoms with E-state index in [4.69, 9.17) is 18.0 Å². The van der Waals surface area contributed by atoms with Crippen LogP contribution in [-0.4, -0.2) is 31.7 Å². The second-order valence-corrected chi connectivity index (χ2v) is 8.88. The van der Waals surface area contributed by atoms with Gasteiger partial charge in [0, 0.05) is 29.8 Å². The molecular weight excluding hydrogens is 470 g/mol. The highest BCUT2D eigenvalue weighted by Gasteiger charge is 2.31. The van der Waals surface area contributed by atoms with Crippen molar-refractivity contribution in [1.82, 2.24) is 20.1 Å². The predicted molar refractivity (Wildman–Crippen MR) is 126 cm³/mol. The smallest absolute Gasteiger partial charge is 0.280 e. The fraction of sp³-hybridized carbons (Fsp3) is 0.286. The number of nitrogens with one attached hydrogen (secondary N) is 2. The Kier molecular flexibility index (Phi) is 6.47. The van der Waals surface area contributed by atoms with Crippen molar-refractivity contribution in [2.45, 2.75) is 38.7 Å². The minimum atomic E-state index is -2.74. The maximum atomic E-state index is 13.3. The maximum absolute atomic E-state index is 13.3. The number of alkyl halides is 2. The molecule has 0 aliphatic heterocycles. The molecule has 33 heavy (non-hydrogen) atoms. The van der Waals surface area contributed by atoms with E-state index in [0.29, 0.717) is 17.5 Å². The number of hydrogen-bond donors (Lipinski definition) is 3. The molecule has 1 aliphatic carbocycles. The first-order valence-electron chi connectivity index (χ1n) is 10.1. The highest BCUT2D eigenvalue weighted by atomic mass is 32.1. The summed E-state index contributed by atoms with van der Waals surface area (Å²) in [6, 6.07) is 1.37. The van der Waals surface area contributed by atoms with E-state index in [9.17, 15) is 18.4 Å². The molecule has 3 aromatic rings. The SMILES string of the molecule is CCn1cc(/C=C/C(=O)NC(=S)Nc2c(C(N)=O)sc3nc(C(F)F)cc(C4CC4)c23)cn1. The number of nitrogens with two attached hydrogens (primary N) is 1. The molecule has 2 amide bonds. The van der Waals surface area contributed by atoms with Crippen LogP contribution in [0.15, 0.2) is 24.5 Å². The normalized spacial score (nSPS) is 13.7. The van der Waals surface area contributed by atoms with Gasteiger partial charge in [0.15, 0.2) is 5.11 Å². The molecule has 0 aromatic carbocycles. The van der Waals surface area contributed by atoms with Crippen molar-refractivity contribution in [1.29, 1.82) is 0 Å². The predicted octanol–water partition coefficient (Wildman–Crippen LogP) is 3.95. The fourth-order valence-corrected chi connectivity index (χ4v) is 4.60. The summed E-state index contributed by atoms with van der Waals surface area (Å²) >= 11 is 6.17. The third-order valence-electron chi connectivity index (χ3n) is 5.06. The Bertz CT molecular complexity index is 1280. The highest BCUT2D eigenvalue weighted by molar-refractivity contribution is 7.80. The number of thiocarbonyl (C=S) groups is 1. The first kappa shape index (κ1) is 22.9. The maximum Gasteiger partial charge on any atom is 0.280 e. The van der Waals surface area contributed by atoms with Crippen molar-refractivity contribution in [3.63, 3.8) is 0 Å². The van der Waals surface area contributed by atoms with Crippen LogP contribution in [0.5, 0.6) is 0 Å². The van der Waals surface area contributed by atoms with E-state index in [1.54, 1.807) is 23.2 Å². The van der Waals surface area contributed by atoms with Gasteiger partial charge >= 0.3 is 0 Å². The van der Waals surface area contributed by atoms with Crippen molar-refractivity contribution in [2.75, 3.05) is 5.32 Å². The third kappa shape index (κ3) is 5.06.